The van der Waals surface area contributed by atoms with Gasteiger partial charge in [-0.05, 0) is 55.6 Å². The van der Waals surface area contributed by atoms with Gasteiger partial charge in [0.1, 0.15) is 0 Å². The van der Waals surface area contributed by atoms with E-state index in [9.17, 15) is 14.4 Å². The number of fused-ring (bicyclic) bond motifs is 1. The molecule has 0 spiro atoms. The molecule has 0 aliphatic carbocycles. The summed E-state index contributed by atoms with van der Waals surface area (Å²) in [6, 6.07) is 14.8. The minimum Gasteiger partial charge on any atom is -0.445 e. The van der Waals surface area contributed by atoms with E-state index in [-0.39, 0.29) is 17.7 Å². The van der Waals surface area contributed by atoms with E-state index in [0.29, 0.717) is 24.2 Å². The second kappa shape index (κ2) is 8.51. The van der Waals surface area contributed by atoms with Crippen molar-refractivity contribution in [3.8, 4) is 0 Å². The smallest absolute Gasteiger partial charge is 0.339 e. The largest absolute Gasteiger partial charge is 0.445 e. The van der Waals surface area contributed by atoms with Gasteiger partial charge in [-0.2, -0.15) is 0 Å². The van der Waals surface area contributed by atoms with E-state index < -0.39 is 11.6 Å². The number of primary amides is 1. The topological polar surface area (TPSA) is 102 Å². The number of cyclic esters (lactones) is 1. The average molecular weight is 421 g/mol. The first kappa shape index (κ1) is 21.1. The van der Waals surface area contributed by atoms with Gasteiger partial charge in [-0.1, -0.05) is 30.3 Å². The molecule has 4 rings (SSSR count). The van der Waals surface area contributed by atoms with Crippen molar-refractivity contribution in [2.45, 2.75) is 38.3 Å². The number of ether oxygens (including phenoxy) is 1. The Labute approximate surface area is 181 Å². The van der Waals surface area contributed by atoms with Crippen molar-refractivity contribution in [2.24, 2.45) is 11.7 Å². The van der Waals surface area contributed by atoms with Crippen LogP contribution in [0, 0.1) is 5.92 Å². The highest BCUT2D eigenvalue weighted by atomic mass is 16.6. The molecule has 0 bridgehead atoms. The van der Waals surface area contributed by atoms with Crippen LogP contribution in [-0.4, -0.2) is 41.4 Å². The van der Waals surface area contributed by atoms with Gasteiger partial charge in [0.25, 0.3) is 5.91 Å². The highest BCUT2D eigenvalue weighted by molar-refractivity contribution is 6.02. The van der Waals surface area contributed by atoms with Crippen LogP contribution in [0.25, 0.3) is 0 Å². The van der Waals surface area contributed by atoms with Crippen molar-refractivity contribution in [1.82, 2.24) is 4.90 Å². The fourth-order valence-electron chi connectivity index (χ4n) is 4.31. The number of esters is 1. The average Bonchev–Trinajstić information content (AvgIpc) is 2.75. The molecular weight excluding hydrogens is 394 g/mol. The lowest BCUT2D eigenvalue weighted by Gasteiger charge is -2.33. The standard InChI is InChI=1S/C24H27N3O4/c1-24(13-17-5-2-3-7-20(17)22(29)31-24)23(30)26-19-10-8-16(9-11-19)14-27-12-4-6-18(15-27)21(25)28/h2-3,5,7-11,18H,4,6,12-15H2,1H3,(H2,25,28)(H,26,30). The monoisotopic (exact) mass is 421 g/mol. The maximum absolute atomic E-state index is 12.9. The van der Waals surface area contributed by atoms with Crippen molar-refractivity contribution in [1.29, 1.82) is 0 Å². The Balaban J connectivity index is 1.38. The third-order valence-corrected chi connectivity index (χ3v) is 6.09. The number of nitrogens with zero attached hydrogens (tertiary/aromatic N) is 1. The molecular formula is C24H27N3O4. The third-order valence-electron chi connectivity index (χ3n) is 6.09. The normalized spacial score (nSPS) is 23.5. The Morgan fingerprint density at radius 3 is 2.68 bits per heavy atom. The molecule has 7 nitrogen and oxygen atoms in total. The van der Waals surface area contributed by atoms with Crippen LogP contribution in [0.4, 0.5) is 5.69 Å². The molecule has 2 aromatic rings. The van der Waals surface area contributed by atoms with Crippen LogP contribution in [0.15, 0.2) is 48.5 Å². The van der Waals surface area contributed by atoms with Gasteiger partial charge in [-0.15, -0.1) is 0 Å². The van der Waals surface area contributed by atoms with E-state index in [1.165, 1.54) is 0 Å². The highest BCUT2D eigenvalue weighted by Crippen LogP contribution is 2.29. The Hall–Kier alpha value is -3.19. The lowest BCUT2D eigenvalue weighted by molar-refractivity contribution is -0.134. The van der Waals surface area contributed by atoms with Gasteiger partial charge in [0.05, 0.1) is 11.5 Å². The summed E-state index contributed by atoms with van der Waals surface area (Å²) < 4.78 is 5.49. The number of benzene rings is 2. The van der Waals surface area contributed by atoms with E-state index in [0.717, 1.165) is 37.1 Å². The summed E-state index contributed by atoms with van der Waals surface area (Å²) >= 11 is 0. The van der Waals surface area contributed by atoms with Crippen LogP contribution in [0.5, 0.6) is 0 Å². The SMILES string of the molecule is CC1(C(=O)Nc2ccc(CN3CCCC(C(N)=O)C3)cc2)Cc2ccccc2C(=O)O1. The molecule has 0 saturated carbocycles. The van der Waals surface area contributed by atoms with Gasteiger partial charge in [0, 0.05) is 25.2 Å². The molecule has 2 unspecified atom stereocenters. The number of carbonyl (C=O) groups is 3. The first-order chi connectivity index (χ1) is 14.8. The summed E-state index contributed by atoms with van der Waals surface area (Å²) in [7, 11) is 0. The van der Waals surface area contributed by atoms with Crippen molar-refractivity contribution < 1.29 is 19.1 Å². The molecule has 2 amide bonds. The molecule has 0 radical (unpaired) electrons. The van der Waals surface area contributed by atoms with Crippen LogP contribution in [0.2, 0.25) is 0 Å². The van der Waals surface area contributed by atoms with E-state index in [2.05, 4.69) is 10.2 Å². The zero-order valence-electron chi connectivity index (χ0n) is 17.6. The zero-order valence-corrected chi connectivity index (χ0v) is 17.6. The van der Waals surface area contributed by atoms with Crippen molar-refractivity contribution >= 4 is 23.5 Å². The molecule has 1 fully saturated rings. The Bertz CT molecular complexity index is 1000. The quantitative estimate of drug-likeness (QED) is 0.723. The van der Waals surface area contributed by atoms with E-state index >= 15 is 0 Å². The summed E-state index contributed by atoms with van der Waals surface area (Å²) in [5, 5.41) is 2.87. The zero-order chi connectivity index (χ0) is 22.0. The number of amides is 2. The number of rotatable bonds is 5. The number of piperidine rings is 1. The van der Waals surface area contributed by atoms with Crippen LogP contribution in [0.1, 0.15) is 41.3 Å². The number of anilines is 1. The first-order valence-electron chi connectivity index (χ1n) is 10.6. The molecule has 2 aliphatic heterocycles. The summed E-state index contributed by atoms with van der Waals surface area (Å²) in [5.41, 5.74) is 7.24. The summed E-state index contributed by atoms with van der Waals surface area (Å²) in [5.74, 6) is -1.16. The van der Waals surface area contributed by atoms with Gasteiger partial charge in [-0.3, -0.25) is 14.5 Å². The lowest BCUT2D eigenvalue weighted by atomic mass is 9.89. The molecule has 1 saturated heterocycles. The maximum atomic E-state index is 12.9. The van der Waals surface area contributed by atoms with Gasteiger partial charge in [-0.25, -0.2) is 4.79 Å². The Morgan fingerprint density at radius 2 is 1.94 bits per heavy atom. The van der Waals surface area contributed by atoms with Crippen molar-refractivity contribution in [2.75, 3.05) is 18.4 Å². The number of carbonyl (C=O) groups excluding carboxylic acids is 3. The molecule has 3 N–H and O–H groups in total. The molecule has 31 heavy (non-hydrogen) atoms. The second-order valence-corrected chi connectivity index (χ2v) is 8.58. The van der Waals surface area contributed by atoms with Crippen LogP contribution >= 0.6 is 0 Å². The molecule has 2 aromatic carbocycles. The van der Waals surface area contributed by atoms with Crippen LogP contribution < -0.4 is 11.1 Å². The van der Waals surface area contributed by atoms with Gasteiger partial charge >= 0.3 is 5.97 Å². The third kappa shape index (κ3) is 4.61. The predicted molar refractivity (Wildman–Crippen MR) is 116 cm³/mol. The molecule has 7 heteroatoms. The summed E-state index contributed by atoms with van der Waals surface area (Å²) in [6.45, 7) is 3.98. The number of likely N-dealkylation sites (tertiary alicyclic amines) is 1. The molecule has 2 aliphatic rings. The van der Waals surface area contributed by atoms with Gasteiger partial charge in [0.15, 0.2) is 5.60 Å². The van der Waals surface area contributed by atoms with E-state index in [4.69, 9.17) is 10.5 Å². The van der Waals surface area contributed by atoms with Gasteiger partial charge in [0.2, 0.25) is 5.91 Å². The van der Waals surface area contributed by atoms with E-state index in [1.54, 1.807) is 19.1 Å². The van der Waals surface area contributed by atoms with Crippen LogP contribution in [0.3, 0.4) is 0 Å². The van der Waals surface area contributed by atoms with Crippen molar-refractivity contribution in [3.05, 3.63) is 65.2 Å². The second-order valence-electron chi connectivity index (χ2n) is 8.58. The molecule has 2 atom stereocenters. The maximum Gasteiger partial charge on any atom is 0.339 e. The fraction of sp³-hybridized carbons (Fsp3) is 0.375. The lowest BCUT2D eigenvalue weighted by Crippen LogP contribution is -2.48. The van der Waals surface area contributed by atoms with Gasteiger partial charge < -0.3 is 15.8 Å². The fourth-order valence-corrected chi connectivity index (χ4v) is 4.31. The Morgan fingerprint density at radius 1 is 1.19 bits per heavy atom. The predicted octanol–water partition coefficient (Wildman–Crippen LogP) is 2.49. The number of hydrogen-bond acceptors (Lipinski definition) is 5. The highest BCUT2D eigenvalue weighted by Gasteiger charge is 2.42. The number of hydrogen-bond donors (Lipinski definition) is 2. The number of nitrogens with one attached hydrogen (secondary N) is 1. The number of nitrogens with two attached hydrogens (primary N) is 1. The summed E-state index contributed by atoms with van der Waals surface area (Å²) in [6.07, 6.45) is 2.14. The van der Waals surface area contributed by atoms with Crippen LogP contribution in [-0.2, 0) is 27.3 Å². The molecule has 162 valence electrons. The summed E-state index contributed by atoms with van der Waals surface area (Å²) in [4.78, 5) is 38.9. The minimum absolute atomic E-state index is 0.0867. The Kier molecular flexibility index (Phi) is 5.78. The van der Waals surface area contributed by atoms with E-state index in [1.807, 2.05) is 36.4 Å². The molecule has 2 heterocycles. The minimum atomic E-state index is -1.26. The molecule has 0 aromatic heterocycles. The first-order valence-corrected chi connectivity index (χ1v) is 10.6. The van der Waals surface area contributed by atoms with Crippen molar-refractivity contribution in [3.63, 3.8) is 0 Å².